The molecule has 8 nitrogen and oxygen atoms in total. The number of hydrogen-bond donors (Lipinski definition) is 3. The van der Waals surface area contributed by atoms with Gasteiger partial charge in [0.2, 0.25) is 5.95 Å². The van der Waals surface area contributed by atoms with Gasteiger partial charge in [0.05, 0.1) is 18.2 Å². The zero-order valence-corrected chi connectivity index (χ0v) is 17.5. The Morgan fingerprint density at radius 2 is 1.97 bits per heavy atom. The molecular weight excluding hydrogens is 394 g/mol. The van der Waals surface area contributed by atoms with Gasteiger partial charge in [0.1, 0.15) is 17.2 Å². The van der Waals surface area contributed by atoms with E-state index in [1.165, 1.54) is 25.5 Å². The number of anilines is 1. The van der Waals surface area contributed by atoms with Crippen LogP contribution in [0.5, 0.6) is 11.5 Å². The van der Waals surface area contributed by atoms with Crippen molar-refractivity contribution in [2.24, 2.45) is 5.92 Å². The first kappa shape index (κ1) is 21.0. The van der Waals surface area contributed by atoms with Gasteiger partial charge in [-0.1, -0.05) is 19.3 Å². The molecule has 0 bridgehead atoms. The van der Waals surface area contributed by atoms with Crippen molar-refractivity contribution in [3.05, 3.63) is 48.4 Å². The summed E-state index contributed by atoms with van der Waals surface area (Å²) in [5.74, 6) is 1.84. The zero-order chi connectivity index (χ0) is 21.6. The standard InChI is InChI=1S/C23H27N5O3/c1-24-22(30)20-12-18(9-10-25-20)31-17-7-8-19-16(11-17)13-26-23(27-19)28-21(14-29)15-5-3-2-4-6-15/h7-13,15,21,29H,2-6,14H2,1H3,(H,24,30)(H,26,27,28). The van der Waals surface area contributed by atoms with Crippen molar-refractivity contribution in [1.82, 2.24) is 20.3 Å². The lowest BCUT2D eigenvalue weighted by Crippen LogP contribution is -2.34. The van der Waals surface area contributed by atoms with Crippen LogP contribution in [0.2, 0.25) is 0 Å². The molecule has 8 heteroatoms. The second kappa shape index (κ2) is 9.70. The van der Waals surface area contributed by atoms with Gasteiger partial charge in [-0.2, -0.15) is 0 Å². The Balaban J connectivity index is 1.48. The van der Waals surface area contributed by atoms with E-state index in [9.17, 15) is 9.90 Å². The predicted molar refractivity (Wildman–Crippen MR) is 118 cm³/mol. The minimum atomic E-state index is -0.271. The van der Waals surface area contributed by atoms with Gasteiger partial charge in [-0.3, -0.25) is 9.78 Å². The van der Waals surface area contributed by atoms with Gasteiger partial charge in [0.15, 0.2) is 0 Å². The second-order valence-corrected chi connectivity index (χ2v) is 7.80. The van der Waals surface area contributed by atoms with E-state index >= 15 is 0 Å². The molecule has 162 valence electrons. The van der Waals surface area contributed by atoms with Crippen molar-refractivity contribution in [3.63, 3.8) is 0 Å². The van der Waals surface area contributed by atoms with Crippen LogP contribution < -0.4 is 15.4 Å². The van der Waals surface area contributed by atoms with E-state index in [0.29, 0.717) is 23.4 Å². The molecule has 1 atom stereocenters. The fraction of sp³-hybridized carbons (Fsp3) is 0.391. The zero-order valence-electron chi connectivity index (χ0n) is 17.5. The summed E-state index contributed by atoms with van der Waals surface area (Å²) in [5, 5.41) is 16.5. The van der Waals surface area contributed by atoms with Crippen molar-refractivity contribution in [2.75, 3.05) is 19.0 Å². The molecule has 0 spiro atoms. The summed E-state index contributed by atoms with van der Waals surface area (Å²) < 4.78 is 5.89. The predicted octanol–water partition coefficient (Wildman–Crippen LogP) is 3.53. The summed E-state index contributed by atoms with van der Waals surface area (Å²) >= 11 is 0. The van der Waals surface area contributed by atoms with E-state index in [1.807, 2.05) is 18.2 Å². The number of aliphatic hydroxyl groups excluding tert-OH is 1. The van der Waals surface area contributed by atoms with E-state index in [4.69, 9.17) is 4.74 Å². The van der Waals surface area contributed by atoms with Crippen LogP contribution in [0.4, 0.5) is 5.95 Å². The summed E-state index contributed by atoms with van der Waals surface area (Å²) in [6.07, 6.45) is 9.24. The number of nitrogens with one attached hydrogen (secondary N) is 2. The lowest BCUT2D eigenvalue weighted by Gasteiger charge is -2.29. The number of fused-ring (bicyclic) bond motifs is 1. The fourth-order valence-electron chi connectivity index (χ4n) is 4.02. The minimum Gasteiger partial charge on any atom is -0.457 e. The highest BCUT2D eigenvalue weighted by atomic mass is 16.5. The van der Waals surface area contributed by atoms with Crippen LogP contribution in [0.15, 0.2) is 42.7 Å². The summed E-state index contributed by atoms with van der Waals surface area (Å²) in [5.41, 5.74) is 1.07. The Kier molecular flexibility index (Phi) is 6.57. The molecule has 1 fully saturated rings. The minimum absolute atomic E-state index is 0.0263. The lowest BCUT2D eigenvalue weighted by atomic mass is 9.84. The fourth-order valence-corrected chi connectivity index (χ4v) is 4.02. The van der Waals surface area contributed by atoms with Gasteiger partial charge in [-0.15, -0.1) is 0 Å². The quantitative estimate of drug-likeness (QED) is 0.535. The summed E-state index contributed by atoms with van der Waals surface area (Å²) in [6, 6.07) is 8.80. The average molecular weight is 422 g/mol. The highest BCUT2D eigenvalue weighted by Crippen LogP contribution is 2.29. The topological polar surface area (TPSA) is 109 Å². The van der Waals surface area contributed by atoms with Crippen molar-refractivity contribution >= 4 is 22.8 Å². The van der Waals surface area contributed by atoms with Crippen molar-refractivity contribution in [1.29, 1.82) is 0 Å². The number of carbonyl (C=O) groups excluding carboxylic acids is 1. The number of aliphatic hydroxyl groups is 1. The van der Waals surface area contributed by atoms with E-state index < -0.39 is 0 Å². The lowest BCUT2D eigenvalue weighted by molar-refractivity contribution is 0.0958. The Hall–Kier alpha value is -3.26. The Morgan fingerprint density at radius 1 is 1.16 bits per heavy atom. The first-order valence-electron chi connectivity index (χ1n) is 10.7. The molecule has 1 aliphatic rings. The monoisotopic (exact) mass is 421 g/mol. The molecule has 3 aromatic rings. The van der Waals surface area contributed by atoms with Gasteiger partial charge in [-0.25, -0.2) is 9.97 Å². The second-order valence-electron chi connectivity index (χ2n) is 7.80. The maximum atomic E-state index is 11.8. The third kappa shape index (κ3) is 5.08. The third-order valence-corrected chi connectivity index (χ3v) is 5.71. The van der Waals surface area contributed by atoms with Crippen LogP contribution in [0.1, 0.15) is 42.6 Å². The number of amides is 1. The van der Waals surface area contributed by atoms with Gasteiger partial charge in [0.25, 0.3) is 5.91 Å². The Bertz CT molecular complexity index is 1050. The molecule has 31 heavy (non-hydrogen) atoms. The number of ether oxygens (including phenoxy) is 1. The third-order valence-electron chi connectivity index (χ3n) is 5.71. The number of rotatable bonds is 7. The van der Waals surface area contributed by atoms with E-state index in [1.54, 1.807) is 25.4 Å². The Labute approximate surface area is 181 Å². The van der Waals surface area contributed by atoms with Crippen LogP contribution in [0.3, 0.4) is 0 Å². The van der Waals surface area contributed by atoms with Crippen LogP contribution >= 0.6 is 0 Å². The molecule has 1 unspecified atom stereocenters. The normalized spacial score (nSPS) is 15.4. The first-order chi connectivity index (χ1) is 15.2. The molecule has 1 aliphatic carbocycles. The summed E-state index contributed by atoms with van der Waals surface area (Å²) in [7, 11) is 1.56. The first-order valence-corrected chi connectivity index (χ1v) is 10.7. The maximum Gasteiger partial charge on any atom is 0.269 e. The number of nitrogens with zero attached hydrogens (tertiary/aromatic N) is 3. The smallest absolute Gasteiger partial charge is 0.269 e. The van der Waals surface area contributed by atoms with Gasteiger partial charge >= 0.3 is 0 Å². The molecule has 2 heterocycles. The average Bonchev–Trinajstić information content (AvgIpc) is 2.82. The van der Waals surface area contributed by atoms with Crippen LogP contribution in [0, 0.1) is 5.92 Å². The molecule has 1 aromatic carbocycles. The highest BCUT2D eigenvalue weighted by molar-refractivity contribution is 5.92. The van der Waals surface area contributed by atoms with E-state index in [-0.39, 0.29) is 24.2 Å². The molecular formula is C23H27N5O3. The maximum absolute atomic E-state index is 11.8. The van der Waals surface area contributed by atoms with E-state index in [0.717, 1.165) is 23.7 Å². The van der Waals surface area contributed by atoms with Crippen molar-refractivity contribution in [3.8, 4) is 11.5 Å². The molecule has 0 radical (unpaired) electrons. The molecule has 1 saturated carbocycles. The number of hydrogen-bond acceptors (Lipinski definition) is 7. The van der Waals surface area contributed by atoms with Gasteiger partial charge < -0.3 is 20.5 Å². The summed E-state index contributed by atoms with van der Waals surface area (Å²) in [6.45, 7) is 0.0722. The Morgan fingerprint density at radius 3 is 2.74 bits per heavy atom. The molecule has 2 aromatic heterocycles. The number of carbonyl (C=O) groups is 1. The largest absolute Gasteiger partial charge is 0.457 e. The van der Waals surface area contributed by atoms with E-state index in [2.05, 4.69) is 25.6 Å². The van der Waals surface area contributed by atoms with Crippen molar-refractivity contribution in [2.45, 2.75) is 38.1 Å². The molecule has 0 saturated heterocycles. The van der Waals surface area contributed by atoms with Crippen molar-refractivity contribution < 1.29 is 14.6 Å². The molecule has 3 N–H and O–H groups in total. The van der Waals surface area contributed by atoms with Gasteiger partial charge in [-0.05, 0) is 43.0 Å². The number of aromatic nitrogens is 3. The molecule has 0 aliphatic heterocycles. The van der Waals surface area contributed by atoms with Crippen LogP contribution in [-0.2, 0) is 0 Å². The SMILES string of the molecule is CNC(=O)c1cc(Oc2ccc3nc(NC(CO)C4CCCCC4)ncc3c2)ccn1. The number of benzene rings is 1. The number of pyridine rings is 1. The summed E-state index contributed by atoms with van der Waals surface area (Å²) in [4.78, 5) is 24.8. The van der Waals surface area contributed by atoms with Crippen LogP contribution in [-0.4, -0.2) is 45.7 Å². The highest BCUT2D eigenvalue weighted by Gasteiger charge is 2.23. The van der Waals surface area contributed by atoms with Crippen LogP contribution in [0.25, 0.3) is 10.9 Å². The van der Waals surface area contributed by atoms with Gasteiger partial charge in [0, 0.05) is 30.9 Å². The molecule has 1 amide bonds. The molecule has 4 rings (SSSR count).